The van der Waals surface area contributed by atoms with E-state index in [1.165, 1.54) is 11.3 Å². The molecule has 1 aromatic rings. The molecular weight excluding hydrogens is 306 g/mol. The average molecular weight is 332 g/mol. The van der Waals surface area contributed by atoms with E-state index in [2.05, 4.69) is 24.2 Å². The van der Waals surface area contributed by atoms with Gasteiger partial charge in [0.2, 0.25) is 10.0 Å². The highest BCUT2D eigenvalue weighted by Crippen LogP contribution is 2.26. The molecule has 21 heavy (non-hydrogen) atoms. The first-order valence-electron chi connectivity index (χ1n) is 7.41. The second-order valence-corrected chi connectivity index (χ2v) is 8.46. The quantitative estimate of drug-likeness (QED) is 0.890. The van der Waals surface area contributed by atoms with E-state index in [1.54, 1.807) is 15.8 Å². The summed E-state index contributed by atoms with van der Waals surface area (Å²) in [5, 5.41) is 4.83. The van der Waals surface area contributed by atoms with E-state index in [0.717, 1.165) is 30.8 Å². The van der Waals surface area contributed by atoms with Gasteiger partial charge in [-0.05, 0) is 39.5 Å². The van der Waals surface area contributed by atoms with E-state index in [9.17, 15) is 8.42 Å². The minimum Gasteiger partial charge on any atom is -0.315 e. The summed E-state index contributed by atoms with van der Waals surface area (Å²) in [6.07, 6.45) is 1.73. The van der Waals surface area contributed by atoms with Crippen molar-refractivity contribution in [3.63, 3.8) is 0 Å². The van der Waals surface area contributed by atoms with Crippen LogP contribution in [0, 0.1) is 0 Å². The lowest BCUT2D eigenvalue weighted by atomic mass is 10.2. The van der Waals surface area contributed by atoms with Gasteiger partial charge >= 0.3 is 0 Å². The minimum atomic E-state index is -3.38. The van der Waals surface area contributed by atoms with Gasteiger partial charge in [0.25, 0.3) is 0 Å². The van der Waals surface area contributed by atoms with Crippen molar-refractivity contribution in [1.29, 1.82) is 0 Å². The van der Waals surface area contributed by atoms with Gasteiger partial charge in [0.15, 0.2) is 0 Å². The molecule has 0 saturated carbocycles. The van der Waals surface area contributed by atoms with Crippen LogP contribution in [0.3, 0.4) is 0 Å². The predicted octanol–water partition coefficient (Wildman–Crippen LogP) is 1.57. The van der Waals surface area contributed by atoms with E-state index < -0.39 is 10.0 Å². The molecule has 0 aromatic carbocycles. The van der Waals surface area contributed by atoms with E-state index in [0.29, 0.717) is 18.0 Å². The van der Waals surface area contributed by atoms with Gasteiger partial charge in [-0.15, -0.1) is 11.3 Å². The van der Waals surface area contributed by atoms with Crippen molar-refractivity contribution in [2.24, 2.45) is 0 Å². The van der Waals surface area contributed by atoms with Crippen LogP contribution in [0.1, 0.15) is 24.6 Å². The number of rotatable bonds is 5. The molecule has 1 unspecified atom stereocenters. The lowest BCUT2D eigenvalue weighted by molar-refractivity contribution is 0.270. The minimum absolute atomic E-state index is 0.0650. The Morgan fingerprint density at radius 2 is 2.19 bits per heavy atom. The fraction of sp³-hybridized carbons (Fsp3) is 0.714. The summed E-state index contributed by atoms with van der Waals surface area (Å²) in [5.41, 5.74) is 0. The molecule has 1 aliphatic heterocycles. The normalized spacial score (nSPS) is 22.3. The van der Waals surface area contributed by atoms with Crippen LogP contribution in [-0.2, 0) is 16.6 Å². The SMILES string of the molecule is CCC1CN(C)CCCN1S(=O)(=O)c1csc(CNC)c1. The molecule has 5 nitrogen and oxygen atoms in total. The Labute approximate surface area is 132 Å². The maximum atomic E-state index is 12.9. The summed E-state index contributed by atoms with van der Waals surface area (Å²) in [4.78, 5) is 3.72. The van der Waals surface area contributed by atoms with Crippen LogP contribution >= 0.6 is 11.3 Å². The third kappa shape index (κ3) is 3.84. The number of hydrogen-bond acceptors (Lipinski definition) is 5. The van der Waals surface area contributed by atoms with E-state index in [4.69, 9.17) is 0 Å². The number of thiophene rings is 1. The summed E-state index contributed by atoms with van der Waals surface area (Å²) >= 11 is 1.50. The molecule has 0 radical (unpaired) electrons. The maximum Gasteiger partial charge on any atom is 0.244 e. The molecule has 0 spiro atoms. The standard InChI is InChI=1S/C14H25N3O2S2/c1-4-12-10-16(3)6-5-7-17(12)21(18,19)14-8-13(9-15-2)20-11-14/h8,11-12,15H,4-7,9-10H2,1-3H3. The topological polar surface area (TPSA) is 52.7 Å². The lowest BCUT2D eigenvalue weighted by Gasteiger charge is -2.29. The molecule has 1 atom stereocenters. The van der Waals surface area contributed by atoms with Crippen LogP contribution < -0.4 is 5.32 Å². The Kier molecular flexibility index (Phi) is 5.79. The van der Waals surface area contributed by atoms with Crippen molar-refractivity contribution >= 4 is 21.4 Å². The molecule has 0 aliphatic carbocycles. The van der Waals surface area contributed by atoms with Gasteiger partial charge in [-0.25, -0.2) is 8.42 Å². The van der Waals surface area contributed by atoms with Gasteiger partial charge in [0.1, 0.15) is 0 Å². The van der Waals surface area contributed by atoms with E-state index in [1.807, 2.05) is 7.05 Å². The van der Waals surface area contributed by atoms with Crippen LogP contribution in [0.2, 0.25) is 0 Å². The fourth-order valence-corrected chi connectivity index (χ4v) is 5.77. The van der Waals surface area contributed by atoms with Crippen molar-refractivity contribution in [3.8, 4) is 0 Å². The van der Waals surface area contributed by atoms with E-state index in [-0.39, 0.29) is 6.04 Å². The lowest BCUT2D eigenvalue weighted by Crippen LogP contribution is -2.43. The van der Waals surface area contributed by atoms with Crippen molar-refractivity contribution in [3.05, 3.63) is 16.3 Å². The highest BCUT2D eigenvalue weighted by molar-refractivity contribution is 7.89. The molecule has 2 heterocycles. The zero-order valence-corrected chi connectivity index (χ0v) is 14.6. The van der Waals surface area contributed by atoms with Crippen molar-refractivity contribution in [2.45, 2.75) is 37.2 Å². The van der Waals surface area contributed by atoms with E-state index >= 15 is 0 Å². The van der Waals surface area contributed by atoms with Crippen LogP contribution in [0.4, 0.5) is 0 Å². The highest BCUT2D eigenvalue weighted by atomic mass is 32.2. The largest absolute Gasteiger partial charge is 0.315 e. The third-order valence-electron chi connectivity index (χ3n) is 3.91. The average Bonchev–Trinajstić information content (AvgIpc) is 2.82. The Morgan fingerprint density at radius 3 is 2.86 bits per heavy atom. The molecule has 7 heteroatoms. The number of nitrogens with zero attached hydrogens (tertiary/aromatic N) is 2. The van der Waals surface area contributed by atoms with Gasteiger partial charge in [-0.2, -0.15) is 4.31 Å². The first-order valence-corrected chi connectivity index (χ1v) is 9.73. The monoisotopic (exact) mass is 331 g/mol. The number of likely N-dealkylation sites (N-methyl/N-ethyl adjacent to an activating group) is 1. The Hall–Kier alpha value is -0.470. The first kappa shape index (κ1) is 16.9. The summed E-state index contributed by atoms with van der Waals surface area (Å²) in [6.45, 7) is 5.15. The number of sulfonamides is 1. The highest BCUT2D eigenvalue weighted by Gasteiger charge is 2.33. The van der Waals surface area contributed by atoms with Gasteiger partial charge in [0.05, 0.1) is 4.90 Å². The third-order valence-corrected chi connectivity index (χ3v) is 6.92. The van der Waals surface area contributed by atoms with Crippen LogP contribution in [0.5, 0.6) is 0 Å². The molecule has 2 rings (SSSR count). The second kappa shape index (κ2) is 7.19. The summed E-state index contributed by atoms with van der Waals surface area (Å²) in [6, 6.07) is 1.87. The Bertz CT molecular complexity index is 556. The molecule has 120 valence electrons. The zero-order valence-electron chi connectivity index (χ0n) is 13.0. The van der Waals surface area contributed by atoms with Gasteiger partial charge in [-0.1, -0.05) is 6.92 Å². The molecule has 0 amide bonds. The molecule has 1 saturated heterocycles. The first-order chi connectivity index (χ1) is 9.98. The van der Waals surface area contributed by atoms with Crippen molar-refractivity contribution < 1.29 is 8.42 Å². The number of hydrogen-bond donors (Lipinski definition) is 1. The second-order valence-electron chi connectivity index (χ2n) is 5.57. The van der Waals surface area contributed by atoms with Crippen LogP contribution in [0.25, 0.3) is 0 Å². The summed E-state index contributed by atoms with van der Waals surface area (Å²) < 4.78 is 27.6. The summed E-state index contributed by atoms with van der Waals surface area (Å²) in [7, 11) is 0.552. The molecule has 1 aliphatic rings. The van der Waals surface area contributed by atoms with Crippen LogP contribution in [-0.4, -0.2) is 57.4 Å². The molecule has 0 bridgehead atoms. The molecule has 1 fully saturated rings. The molecule has 1 aromatic heterocycles. The number of nitrogens with one attached hydrogen (secondary N) is 1. The maximum absolute atomic E-state index is 12.9. The molecule has 1 N–H and O–H groups in total. The smallest absolute Gasteiger partial charge is 0.244 e. The predicted molar refractivity (Wildman–Crippen MR) is 87.2 cm³/mol. The van der Waals surface area contributed by atoms with Crippen molar-refractivity contribution in [1.82, 2.24) is 14.5 Å². The van der Waals surface area contributed by atoms with Gasteiger partial charge in [-0.3, -0.25) is 0 Å². The summed E-state index contributed by atoms with van der Waals surface area (Å²) in [5.74, 6) is 0. The van der Waals surface area contributed by atoms with Gasteiger partial charge in [0, 0.05) is 35.9 Å². The Balaban J connectivity index is 2.27. The molecular formula is C14H25N3O2S2. The van der Waals surface area contributed by atoms with Gasteiger partial charge < -0.3 is 10.2 Å². The van der Waals surface area contributed by atoms with Crippen molar-refractivity contribution in [2.75, 3.05) is 33.7 Å². The zero-order chi connectivity index (χ0) is 15.5. The fourth-order valence-electron chi connectivity index (χ4n) is 2.77. The Morgan fingerprint density at radius 1 is 1.43 bits per heavy atom. The van der Waals surface area contributed by atoms with Crippen LogP contribution in [0.15, 0.2) is 16.3 Å².